The molecule has 2 heterocycles. The van der Waals surface area contributed by atoms with Crippen molar-refractivity contribution in [3.05, 3.63) is 59.7 Å². The average Bonchev–Trinajstić information content (AvgIpc) is 3.35. The number of hydrogen-bond acceptors (Lipinski definition) is 5. The number of nitrogens with zero attached hydrogens (tertiary/aromatic N) is 4. The van der Waals surface area contributed by atoms with Crippen molar-refractivity contribution in [2.75, 3.05) is 25.1 Å². The Morgan fingerprint density at radius 3 is 2.53 bits per heavy atom. The summed E-state index contributed by atoms with van der Waals surface area (Å²) < 4.78 is 63.1. The van der Waals surface area contributed by atoms with Crippen LogP contribution in [0.25, 0.3) is 11.5 Å². The fraction of sp³-hybridized carbons (Fsp3) is 0.348. The van der Waals surface area contributed by atoms with Gasteiger partial charge in [0.2, 0.25) is 5.89 Å². The number of benzene rings is 2. The molecule has 34 heavy (non-hydrogen) atoms. The van der Waals surface area contributed by atoms with E-state index in [1.165, 1.54) is 24.1 Å². The molecule has 0 N–H and O–H groups in total. The van der Waals surface area contributed by atoms with Crippen LogP contribution in [0.5, 0.6) is 5.75 Å². The number of methoxy groups -OCH3 is 1. The van der Waals surface area contributed by atoms with Crippen molar-refractivity contribution in [3.63, 3.8) is 0 Å². The fourth-order valence-corrected chi connectivity index (χ4v) is 3.74. The molecule has 11 heteroatoms. The first-order chi connectivity index (χ1) is 16.3. The largest absolute Gasteiger partial charge is 0.497 e. The van der Waals surface area contributed by atoms with E-state index < -0.39 is 23.8 Å². The van der Waals surface area contributed by atoms with Gasteiger partial charge in [-0.2, -0.15) is 13.2 Å². The Bertz CT molecular complexity index is 1160. The van der Waals surface area contributed by atoms with Crippen molar-refractivity contribution in [2.45, 2.75) is 32.0 Å². The highest BCUT2D eigenvalue weighted by Gasteiger charge is 2.38. The van der Waals surface area contributed by atoms with Crippen LogP contribution in [0.15, 0.2) is 46.9 Å². The first-order valence-corrected chi connectivity index (χ1v) is 10.7. The minimum Gasteiger partial charge on any atom is -0.497 e. The molecule has 0 radical (unpaired) electrons. The number of rotatable bonds is 5. The quantitative estimate of drug-likeness (QED) is 0.452. The minimum atomic E-state index is -4.80. The van der Waals surface area contributed by atoms with Gasteiger partial charge in [-0.25, -0.2) is 9.18 Å². The zero-order valence-corrected chi connectivity index (χ0v) is 18.3. The smallest absolute Gasteiger partial charge is 0.470 e. The molecular formula is C23H22F4N4O3. The highest BCUT2D eigenvalue weighted by atomic mass is 19.4. The maximum atomic E-state index is 15.0. The van der Waals surface area contributed by atoms with Gasteiger partial charge in [0.15, 0.2) is 0 Å². The molecule has 7 nitrogen and oxygen atoms in total. The molecule has 1 aliphatic heterocycles. The molecule has 2 aromatic carbocycles. The monoisotopic (exact) mass is 478 g/mol. The number of anilines is 1. The van der Waals surface area contributed by atoms with Gasteiger partial charge in [-0.3, -0.25) is 4.90 Å². The number of ether oxygens (including phenoxy) is 1. The van der Waals surface area contributed by atoms with E-state index in [-0.39, 0.29) is 23.7 Å². The van der Waals surface area contributed by atoms with Gasteiger partial charge in [-0.15, -0.1) is 10.2 Å². The molecule has 0 aliphatic carbocycles. The van der Waals surface area contributed by atoms with Crippen LogP contribution in [0.4, 0.5) is 28.0 Å². The predicted octanol–water partition coefficient (Wildman–Crippen LogP) is 5.52. The molecule has 3 aromatic rings. The number of alkyl halides is 3. The number of halogens is 4. The van der Waals surface area contributed by atoms with Gasteiger partial charge in [0.1, 0.15) is 11.6 Å². The van der Waals surface area contributed by atoms with Crippen LogP contribution in [0.3, 0.4) is 0 Å². The molecule has 0 unspecified atom stereocenters. The van der Waals surface area contributed by atoms with Gasteiger partial charge in [0.05, 0.1) is 13.7 Å². The molecule has 2 amide bonds. The highest BCUT2D eigenvalue weighted by Crippen LogP contribution is 2.31. The standard InChI is InChI=1S/C23H22F4N4O3/c1-33-18-7-5-6-17(13-18)31(22(32)30-10-3-2-4-11-30)14-16-9-8-15(12-19(16)24)20-28-29-21(34-20)23(25,26)27/h5-9,12-13H,2-4,10-11,14H2,1H3. The van der Waals surface area contributed by atoms with Crippen LogP contribution in [0.1, 0.15) is 30.7 Å². The van der Waals surface area contributed by atoms with E-state index in [4.69, 9.17) is 4.74 Å². The second-order valence-corrected chi connectivity index (χ2v) is 7.83. The second-order valence-electron chi connectivity index (χ2n) is 7.83. The van der Waals surface area contributed by atoms with Gasteiger partial charge in [-0.05, 0) is 43.5 Å². The van der Waals surface area contributed by atoms with E-state index in [1.54, 1.807) is 29.2 Å². The number of carbonyl (C=O) groups is 1. The van der Waals surface area contributed by atoms with Crippen molar-refractivity contribution >= 4 is 11.7 Å². The van der Waals surface area contributed by atoms with Crippen LogP contribution in [0, 0.1) is 5.82 Å². The Hall–Kier alpha value is -3.63. The molecule has 0 atom stereocenters. The molecule has 0 spiro atoms. The summed E-state index contributed by atoms with van der Waals surface area (Å²) in [5.74, 6) is -2.14. The average molecular weight is 478 g/mol. The zero-order valence-electron chi connectivity index (χ0n) is 18.3. The summed E-state index contributed by atoms with van der Waals surface area (Å²) in [7, 11) is 1.51. The maximum Gasteiger partial charge on any atom is 0.470 e. The summed E-state index contributed by atoms with van der Waals surface area (Å²) >= 11 is 0. The number of piperidine rings is 1. The van der Waals surface area contributed by atoms with Crippen molar-refractivity contribution in [3.8, 4) is 17.2 Å². The van der Waals surface area contributed by atoms with Gasteiger partial charge >= 0.3 is 18.1 Å². The number of likely N-dealkylation sites (tertiary alicyclic amines) is 1. The van der Waals surface area contributed by atoms with Gasteiger partial charge in [0.25, 0.3) is 0 Å². The summed E-state index contributed by atoms with van der Waals surface area (Å²) in [5, 5.41) is 6.31. The van der Waals surface area contributed by atoms with Crippen molar-refractivity contribution in [1.29, 1.82) is 0 Å². The van der Waals surface area contributed by atoms with Crippen LogP contribution in [-0.2, 0) is 12.7 Å². The fourth-order valence-electron chi connectivity index (χ4n) is 3.74. The lowest BCUT2D eigenvalue weighted by Gasteiger charge is -2.33. The molecule has 1 saturated heterocycles. The van der Waals surface area contributed by atoms with Crippen LogP contribution in [-0.4, -0.2) is 41.3 Å². The van der Waals surface area contributed by atoms with Gasteiger partial charge in [-0.1, -0.05) is 12.1 Å². The highest BCUT2D eigenvalue weighted by molar-refractivity contribution is 5.92. The van der Waals surface area contributed by atoms with Crippen molar-refractivity contribution in [2.24, 2.45) is 0 Å². The predicted molar refractivity (Wildman–Crippen MR) is 115 cm³/mol. The second kappa shape index (κ2) is 9.70. The van der Waals surface area contributed by atoms with E-state index in [2.05, 4.69) is 14.6 Å². The number of carbonyl (C=O) groups excluding carboxylic acids is 1. The molecule has 0 bridgehead atoms. The third-order valence-electron chi connectivity index (χ3n) is 5.52. The maximum absolute atomic E-state index is 15.0. The summed E-state index contributed by atoms with van der Waals surface area (Å²) in [6.07, 6.45) is -1.96. The summed E-state index contributed by atoms with van der Waals surface area (Å²) in [4.78, 5) is 16.5. The van der Waals surface area contributed by atoms with Crippen LogP contribution >= 0.6 is 0 Å². The summed E-state index contributed by atoms with van der Waals surface area (Å²) in [6.45, 7) is 1.13. The first-order valence-electron chi connectivity index (χ1n) is 10.7. The van der Waals surface area contributed by atoms with E-state index in [1.807, 2.05) is 0 Å². The number of urea groups is 1. The zero-order chi connectivity index (χ0) is 24.3. The molecular weight excluding hydrogens is 456 g/mol. The van der Waals surface area contributed by atoms with Crippen LogP contribution in [0.2, 0.25) is 0 Å². The van der Waals surface area contributed by atoms with E-state index in [0.29, 0.717) is 24.5 Å². The Labute approximate surface area is 192 Å². The van der Waals surface area contributed by atoms with E-state index >= 15 is 4.39 Å². The van der Waals surface area contributed by atoms with Gasteiger partial charge < -0.3 is 14.1 Å². The van der Waals surface area contributed by atoms with Crippen molar-refractivity contribution < 1.29 is 31.5 Å². The lowest BCUT2D eigenvalue weighted by molar-refractivity contribution is -0.156. The topological polar surface area (TPSA) is 71.7 Å². The van der Waals surface area contributed by atoms with Crippen molar-refractivity contribution in [1.82, 2.24) is 15.1 Å². The Balaban J connectivity index is 1.62. The molecule has 1 aromatic heterocycles. The summed E-state index contributed by atoms with van der Waals surface area (Å²) in [6, 6.07) is 10.4. The molecule has 0 saturated carbocycles. The summed E-state index contributed by atoms with van der Waals surface area (Å²) in [5.41, 5.74) is 0.706. The lowest BCUT2D eigenvalue weighted by Crippen LogP contribution is -2.45. The Morgan fingerprint density at radius 2 is 1.88 bits per heavy atom. The molecule has 1 fully saturated rings. The van der Waals surface area contributed by atoms with E-state index in [0.717, 1.165) is 25.3 Å². The number of amides is 2. The number of aromatic nitrogens is 2. The van der Waals surface area contributed by atoms with E-state index in [9.17, 15) is 18.0 Å². The van der Waals surface area contributed by atoms with Crippen LogP contribution < -0.4 is 9.64 Å². The molecule has 180 valence electrons. The SMILES string of the molecule is COc1cccc(N(Cc2ccc(-c3nnc(C(F)(F)F)o3)cc2F)C(=O)N2CCCCC2)c1. The third kappa shape index (κ3) is 5.13. The van der Waals surface area contributed by atoms with Gasteiger partial charge in [0, 0.05) is 36.0 Å². The Kier molecular flexibility index (Phi) is 6.71. The molecule has 4 rings (SSSR count). The molecule has 1 aliphatic rings. The number of hydrogen-bond donors (Lipinski definition) is 0. The third-order valence-corrected chi connectivity index (χ3v) is 5.52. The first kappa shape index (κ1) is 23.5. The Morgan fingerprint density at radius 1 is 1.12 bits per heavy atom. The normalized spacial score (nSPS) is 14.2. The lowest BCUT2D eigenvalue weighted by atomic mass is 10.1. The minimum absolute atomic E-state index is 0.000428.